The van der Waals surface area contributed by atoms with Crippen molar-refractivity contribution >= 4 is 5.71 Å². The summed E-state index contributed by atoms with van der Waals surface area (Å²) in [5.74, 6) is 0.105. The van der Waals surface area contributed by atoms with Gasteiger partial charge in [0.25, 0.3) is 0 Å². The number of fused-ring (bicyclic) bond motifs is 3. The van der Waals surface area contributed by atoms with Crippen molar-refractivity contribution in [3.05, 3.63) is 89.0 Å². The van der Waals surface area contributed by atoms with Gasteiger partial charge in [0.2, 0.25) is 6.23 Å². The van der Waals surface area contributed by atoms with Crippen LogP contribution in [0.4, 0.5) is 8.78 Å². The quantitative estimate of drug-likeness (QED) is 0.578. The van der Waals surface area contributed by atoms with Gasteiger partial charge in [-0.1, -0.05) is 18.2 Å². The van der Waals surface area contributed by atoms with Crippen molar-refractivity contribution in [3.8, 4) is 17.2 Å². The molecule has 0 saturated heterocycles. The fourth-order valence-corrected chi connectivity index (χ4v) is 4.09. The second kappa shape index (κ2) is 7.58. The Morgan fingerprint density at radius 3 is 2.48 bits per heavy atom. The Morgan fingerprint density at radius 2 is 1.77 bits per heavy atom. The second-order valence-corrected chi connectivity index (χ2v) is 7.40. The number of rotatable bonds is 4. The zero-order valence-corrected chi connectivity index (χ0v) is 17.0. The zero-order chi connectivity index (χ0) is 21.5. The molecule has 31 heavy (non-hydrogen) atoms. The summed E-state index contributed by atoms with van der Waals surface area (Å²) in [6.07, 6.45) is -0.0876. The van der Waals surface area contributed by atoms with Crippen molar-refractivity contribution in [2.24, 2.45) is 5.10 Å². The van der Waals surface area contributed by atoms with Crippen molar-refractivity contribution in [1.82, 2.24) is 5.01 Å². The summed E-state index contributed by atoms with van der Waals surface area (Å²) in [6, 6.07) is 17.0. The fourth-order valence-electron chi connectivity index (χ4n) is 4.09. The number of halogens is 2. The van der Waals surface area contributed by atoms with E-state index < -0.39 is 17.9 Å². The molecular weight excluding hydrogens is 402 g/mol. The van der Waals surface area contributed by atoms with Gasteiger partial charge < -0.3 is 14.2 Å². The molecule has 3 aromatic carbocycles. The first-order chi connectivity index (χ1) is 15.1. The maximum absolute atomic E-state index is 14.0. The molecule has 0 aromatic heterocycles. The molecule has 0 amide bonds. The number of hydrogen-bond donors (Lipinski definition) is 0. The van der Waals surface area contributed by atoms with Gasteiger partial charge in [0.1, 0.15) is 5.75 Å². The molecule has 0 saturated carbocycles. The van der Waals surface area contributed by atoms with E-state index in [-0.39, 0.29) is 6.04 Å². The minimum atomic E-state index is -0.929. The first kappa shape index (κ1) is 19.4. The first-order valence-corrected chi connectivity index (χ1v) is 9.88. The molecule has 5 nitrogen and oxygen atoms in total. The molecule has 3 aromatic rings. The van der Waals surface area contributed by atoms with Crippen LogP contribution < -0.4 is 14.2 Å². The number of para-hydroxylation sites is 1. The van der Waals surface area contributed by atoms with Crippen LogP contribution in [0.3, 0.4) is 0 Å². The van der Waals surface area contributed by atoms with Gasteiger partial charge in [-0.3, -0.25) is 0 Å². The molecule has 158 valence electrons. The van der Waals surface area contributed by atoms with Crippen molar-refractivity contribution in [1.29, 1.82) is 0 Å². The lowest BCUT2D eigenvalue weighted by Crippen LogP contribution is -2.34. The van der Waals surface area contributed by atoms with E-state index in [1.807, 2.05) is 47.5 Å². The Balaban J connectivity index is 1.60. The molecule has 2 aliphatic rings. The summed E-state index contributed by atoms with van der Waals surface area (Å²) in [4.78, 5) is 0. The summed E-state index contributed by atoms with van der Waals surface area (Å²) < 4.78 is 44.6. The highest BCUT2D eigenvalue weighted by atomic mass is 19.2. The molecule has 0 spiro atoms. The molecule has 2 atom stereocenters. The number of hydrazone groups is 1. The first-order valence-electron chi connectivity index (χ1n) is 9.88. The van der Waals surface area contributed by atoms with Crippen LogP contribution in [0.15, 0.2) is 65.8 Å². The molecule has 2 aliphatic heterocycles. The third kappa shape index (κ3) is 3.26. The van der Waals surface area contributed by atoms with Crippen molar-refractivity contribution in [2.45, 2.75) is 18.7 Å². The van der Waals surface area contributed by atoms with E-state index in [0.29, 0.717) is 23.5 Å². The van der Waals surface area contributed by atoms with Gasteiger partial charge >= 0.3 is 0 Å². The Hall–Kier alpha value is -3.61. The van der Waals surface area contributed by atoms with E-state index in [4.69, 9.17) is 19.3 Å². The number of benzene rings is 3. The molecular formula is C24H20F2N2O3. The van der Waals surface area contributed by atoms with Gasteiger partial charge in [-0.2, -0.15) is 5.10 Å². The van der Waals surface area contributed by atoms with E-state index >= 15 is 0 Å². The molecule has 0 bridgehead atoms. The van der Waals surface area contributed by atoms with Gasteiger partial charge in [-0.25, -0.2) is 13.8 Å². The van der Waals surface area contributed by atoms with Crippen molar-refractivity contribution in [2.75, 3.05) is 14.2 Å². The number of nitrogens with zero attached hydrogens (tertiary/aromatic N) is 2. The molecule has 0 aliphatic carbocycles. The Morgan fingerprint density at radius 1 is 0.968 bits per heavy atom. The molecule has 0 N–H and O–H groups in total. The van der Waals surface area contributed by atoms with Gasteiger partial charge in [0.15, 0.2) is 23.1 Å². The molecule has 5 rings (SSSR count). The number of methoxy groups -OCH3 is 2. The lowest BCUT2D eigenvalue weighted by molar-refractivity contribution is -0.0211. The second-order valence-electron chi connectivity index (χ2n) is 7.40. The summed E-state index contributed by atoms with van der Waals surface area (Å²) in [6.45, 7) is 0. The molecule has 0 fully saturated rings. The molecule has 0 radical (unpaired) electrons. The highest BCUT2D eigenvalue weighted by Crippen LogP contribution is 2.50. The lowest BCUT2D eigenvalue weighted by atomic mass is 9.95. The van der Waals surface area contributed by atoms with E-state index in [1.165, 1.54) is 6.07 Å². The van der Waals surface area contributed by atoms with Crippen LogP contribution >= 0.6 is 0 Å². The monoisotopic (exact) mass is 422 g/mol. The largest absolute Gasteiger partial charge is 0.497 e. The minimum absolute atomic E-state index is 0.130. The zero-order valence-electron chi connectivity index (χ0n) is 17.0. The fraction of sp³-hybridized carbons (Fsp3) is 0.208. The van der Waals surface area contributed by atoms with Crippen LogP contribution in [-0.2, 0) is 0 Å². The summed E-state index contributed by atoms with van der Waals surface area (Å²) in [5, 5.41) is 6.64. The van der Waals surface area contributed by atoms with Gasteiger partial charge in [-0.15, -0.1) is 0 Å². The molecule has 2 heterocycles. The predicted molar refractivity (Wildman–Crippen MR) is 111 cm³/mol. The normalized spacial score (nSPS) is 19.2. The van der Waals surface area contributed by atoms with E-state index in [9.17, 15) is 8.78 Å². The maximum atomic E-state index is 14.0. The summed E-state index contributed by atoms with van der Waals surface area (Å²) >= 11 is 0. The number of ether oxygens (including phenoxy) is 3. The highest BCUT2D eigenvalue weighted by molar-refractivity contribution is 6.02. The van der Waals surface area contributed by atoms with E-state index in [2.05, 4.69) is 0 Å². The maximum Gasteiger partial charge on any atom is 0.214 e. The van der Waals surface area contributed by atoms with Gasteiger partial charge in [0, 0.05) is 17.5 Å². The van der Waals surface area contributed by atoms with Crippen LogP contribution in [-0.4, -0.2) is 24.9 Å². The van der Waals surface area contributed by atoms with E-state index in [1.54, 1.807) is 14.2 Å². The van der Waals surface area contributed by atoms with Crippen LogP contribution in [0.25, 0.3) is 0 Å². The minimum Gasteiger partial charge on any atom is -0.497 e. The summed E-state index contributed by atoms with van der Waals surface area (Å²) in [7, 11) is 3.20. The summed E-state index contributed by atoms with van der Waals surface area (Å²) in [5.41, 5.74) is 3.24. The van der Waals surface area contributed by atoms with Crippen LogP contribution in [0.2, 0.25) is 0 Å². The Kier molecular flexibility index (Phi) is 4.73. The standard InChI is InChI=1S/C24H20F2N2O3/c1-29-16-9-6-14(7-10-16)20-13-21-17-4-3-5-22(30-2)23(17)31-24(28(21)27-20)15-8-11-18(25)19(26)12-15/h3-12,21,24H,13H2,1-2H3/t21-,24+/m0/s1. The van der Waals surface area contributed by atoms with Crippen LogP contribution in [0, 0.1) is 11.6 Å². The third-order valence-corrected chi connectivity index (χ3v) is 5.65. The average Bonchev–Trinajstić information content (AvgIpc) is 3.26. The number of hydrogen-bond acceptors (Lipinski definition) is 5. The smallest absolute Gasteiger partial charge is 0.214 e. The average molecular weight is 422 g/mol. The predicted octanol–water partition coefficient (Wildman–Crippen LogP) is 5.22. The third-order valence-electron chi connectivity index (χ3n) is 5.65. The van der Waals surface area contributed by atoms with Crippen molar-refractivity contribution < 1.29 is 23.0 Å². The van der Waals surface area contributed by atoms with Crippen LogP contribution in [0.5, 0.6) is 17.2 Å². The van der Waals surface area contributed by atoms with E-state index in [0.717, 1.165) is 34.7 Å². The molecule has 0 unspecified atom stereocenters. The Labute approximate surface area is 178 Å². The van der Waals surface area contributed by atoms with Gasteiger partial charge in [0.05, 0.1) is 26.0 Å². The topological polar surface area (TPSA) is 43.3 Å². The van der Waals surface area contributed by atoms with Crippen LogP contribution in [0.1, 0.15) is 35.4 Å². The lowest BCUT2D eigenvalue weighted by Gasteiger charge is -2.38. The SMILES string of the molecule is COc1ccc(C2=NN3[C@@H](c4ccc(F)c(F)c4)Oc4c(OC)cccc4[C@@H]3C2)cc1. The molecule has 7 heteroatoms. The highest BCUT2D eigenvalue weighted by Gasteiger charge is 2.42. The Bertz CT molecular complexity index is 1160. The van der Waals surface area contributed by atoms with Crippen molar-refractivity contribution in [3.63, 3.8) is 0 Å². The van der Waals surface area contributed by atoms with Gasteiger partial charge in [-0.05, 0) is 48.0 Å².